The van der Waals surface area contributed by atoms with Crippen molar-refractivity contribution >= 4 is 10.0 Å². The number of benzene rings is 2. The Hall–Kier alpha value is -2.27. The highest BCUT2D eigenvalue weighted by atomic mass is 32.2. The molecule has 0 fully saturated rings. The van der Waals surface area contributed by atoms with Crippen LogP contribution >= 0.6 is 0 Å². The first-order chi connectivity index (χ1) is 10.9. The lowest BCUT2D eigenvalue weighted by atomic mass is 10.1. The quantitative estimate of drug-likeness (QED) is 0.844. The summed E-state index contributed by atoms with van der Waals surface area (Å²) in [5, 5.41) is 18.5. The van der Waals surface area contributed by atoms with Gasteiger partial charge in [0.1, 0.15) is 5.82 Å². The van der Waals surface area contributed by atoms with E-state index in [4.69, 9.17) is 5.26 Å². The number of nitrogens with one attached hydrogen (secondary N) is 1. The molecular formula is C16H15FN2O3S. The number of aliphatic hydroxyl groups is 1. The van der Waals surface area contributed by atoms with E-state index in [1.165, 1.54) is 30.3 Å². The summed E-state index contributed by atoms with van der Waals surface area (Å²) in [5.74, 6) is -0.597. The number of sulfonamides is 1. The van der Waals surface area contributed by atoms with E-state index in [1.54, 1.807) is 18.2 Å². The van der Waals surface area contributed by atoms with E-state index in [9.17, 15) is 17.9 Å². The van der Waals surface area contributed by atoms with E-state index < -0.39 is 21.9 Å². The van der Waals surface area contributed by atoms with Crippen molar-refractivity contribution in [3.05, 3.63) is 65.5 Å². The van der Waals surface area contributed by atoms with Gasteiger partial charge >= 0.3 is 0 Å². The molecule has 2 aromatic rings. The number of aliphatic hydroxyl groups excluding tert-OH is 1. The fourth-order valence-corrected chi connectivity index (χ4v) is 3.04. The number of halogens is 1. The van der Waals surface area contributed by atoms with E-state index in [-0.39, 0.29) is 23.4 Å². The van der Waals surface area contributed by atoms with Crippen LogP contribution < -0.4 is 4.72 Å². The van der Waals surface area contributed by atoms with Gasteiger partial charge in [0, 0.05) is 12.1 Å². The van der Waals surface area contributed by atoms with Gasteiger partial charge in [-0.3, -0.25) is 0 Å². The number of nitriles is 1. The van der Waals surface area contributed by atoms with Gasteiger partial charge in [-0.25, -0.2) is 17.5 Å². The second-order valence-corrected chi connectivity index (χ2v) is 6.64. The van der Waals surface area contributed by atoms with Crippen LogP contribution in [0.3, 0.4) is 0 Å². The fourth-order valence-electron chi connectivity index (χ4n) is 2.01. The molecule has 0 aliphatic heterocycles. The number of nitrogens with zero attached hydrogens (tertiary/aromatic N) is 1. The average molecular weight is 334 g/mol. The van der Waals surface area contributed by atoms with Gasteiger partial charge in [0.15, 0.2) is 0 Å². The number of hydrogen-bond donors (Lipinski definition) is 2. The molecule has 0 aliphatic carbocycles. The SMILES string of the molecule is N#CCc1ccc(S(=O)(=O)NCC(O)c2ccccc2F)cc1. The van der Waals surface area contributed by atoms with Gasteiger partial charge in [-0.15, -0.1) is 0 Å². The van der Waals surface area contributed by atoms with Gasteiger partial charge in [0.2, 0.25) is 10.0 Å². The summed E-state index contributed by atoms with van der Waals surface area (Å²) in [6, 6.07) is 13.5. The summed E-state index contributed by atoms with van der Waals surface area (Å²) in [7, 11) is -3.82. The van der Waals surface area contributed by atoms with Gasteiger partial charge in [0.25, 0.3) is 0 Å². The van der Waals surface area contributed by atoms with Crippen molar-refractivity contribution < 1.29 is 17.9 Å². The standard InChI is InChI=1S/C16H15FN2O3S/c17-15-4-2-1-3-14(15)16(20)11-19-23(21,22)13-7-5-12(6-8-13)9-10-18/h1-8,16,19-20H,9,11H2. The predicted molar refractivity (Wildman–Crippen MR) is 82.3 cm³/mol. The van der Waals surface area contributed by atoms with Crippen LogP contribution in [0.2, 0.25) is 0 Å². The van der Waals surface area contributed by atoms with Crippen LogP contribution in [-0.4, -0.2) is 20.1 Å². The first kappa shape index (κ1) is 17.1. The van der Waals surface area contributed by atoms with Crippen molar-refractivity contribution in [3.8, 4) is 6.07 Å². The first-order valence-electron chi connectivity index (χ1n) is 6.82. The van der Waals surface area contributed by atoms with Crippen molar-refractivity contribution in [2.75, 3.05) is 6.54 Å². The zero-order valence-corrected chi connectivity index (χ0v) is 12.9. The number of rotatable bonds is 6. The maximum absolute atomic E-state index is 13.5. The lowest BCUT2D eigenvalue weighted by Gasteiger charge is -2.13. The van der Waals surface area contributed by atoms with Gasteiger partial charge in [-0.2, -0.15) is 5.26 Å². The Morgan fingerprint density at radius 2 is 1.83 bits per heavy atom. The Labute approximate surface area is 134 Å². The Kier molecular flexibility index (Phi) is 5.45. The molecular weight excluding hydrogens is 319 g/mol. The third-order valence-corrected chi connectivity index (χ3v) is 4.69. The molecule has 1 unspecified atom stereocenters. The lowest BCUT2D eigenvalue weighted by molar-refractivity contribution is 0.177. The second kappa shape index (κ2) is 7.33. The first-order valence-corrected chi connectivity index (χ1v) is 8.30. The molecule has 0 radical (unpaired) electrons. The zero-order valence-electron chi connectivity index (χ0n) is 12.1. The van der Waals surface area contributed by atoms with Crippen molar-refractivity contribution in [1.82, 2.24) is 4.72 Å². The molecule has 2 N–H and O–H groups in total. The Balaban J connectivity index is 2.07. The van der Waals surface area contributed by atoms with Gasteiger partial charge in [-0.05, 0) is 23.8 Å². The molecule has 2 aromatic carbocycles. The number of hydrogen-bond acceptors (Lipinski definition) is 4. The van der Waals surface area contributed by atoms with E-state index in [0.717, 1.165) is 0 Å². The van der Waals surface area contributed by atoms with Gasteiger partial charge in [-0.1, -0.05) is 30.3 Å². The minimum Gasteiger partial charge on any atom is -0.387 e. The van der Waals surface area contributed by atoms with E-state index in [1.807, 2.05) is 6.07 Å². The minimum atomic E-state index is -3.82. The maximum Gasteiger partial charge on any atom is 0.240 e. The molecule has 0 aromatic heterocycles. The molecule has 1 atom stereocenters. The van der Waals surface area contributed by atoms with E-state index in [2.05, 4.69) is 4.72 Å². The molecule has 0 saturated carbocycles. The van der Waals surface area contributed by atoms with Crippen LogP contribution in [0.25, 0.3) is 0 Å². The summed E-state index contributed by atoms with van der Waals surface area (Å²) < 4.78 is 40.1. The maximum atomic E-state index is 13.5. The van der Waals surface area contributed by atoms with Crippen LogP contribution in [0.1, 0.15) is 17.2 Å². The summed E-state index contributed by atoms with van der Waals surface area (Å²) >= 11 is 0. The van der Waals surface area contributed by atoms with Crippen LogP contribution in [-0.2, 0) is 16.4 Å². The normalized spacial score (nSPS) is 12.6. The van der Waals surface area contributed by atoms with Crippen molar-refractivity contribution in [1.29, 1.82) is 5.26 Å². The topological polar surface area (TPSA) is 90.2 Å². The summed E-state index contributed by atoms with van der Waals surface area (Å²) in [5.41, 5.74) is 0.734. The molecule has 2 rings (SSSR count). The molecule has 0 saturated heterocycles. The third kappa shape index (κ3) is 4.36. The van der Waals surface area contributed by atoms with Crippen LogP contribution in [0.15, 0.2) is 53.4 Å². The summed E-state index contributed by atoms with van der Waals surface area (Å²) in [6.07, 6.45) is -1.09. The zero-order chi connectivity index (χ0) is 16.9. The highest BCUT2D eigenvalue weighted by Crippen LogP contribution is 2.17. The van der Waals surface area contributed by atoms with Crippen LogP contribution in [0, 0.1) is 17.1 Å². The minimum absolute atomic E-state index is 0.0138. The van der Waals surface area contributed by atoms with E-state index >= 15 is 0 Å². The van der Waals surface area contributed by atoms with Crippen LogP contribution in [0.5, 0.6) is 0 Å². The molecule has 120 valence electrons. The molecule has 7 heteroatoms. The van der Waals surface area contributed by atoms with Crippen molar-refractivity contribution in [2.45, 2.75) is 17.4 Å². The van der Waals surface area contributed by atoms with Crippen molar-refractivity contribution in [3.63, 3.8) is 0 Å². The second-order valence-electron chi connectivity index (χ2n) is 4.87. The Bertz CT molecular complexity index is 814. The third-order valence-electron chi connectivity index (χ3n) is 3.25. The largest absolute Gasteiger partial charge is 0.387 e. The monoisotopic (exact) mass is 334 g/mol. The molecule has 0 heterocycles. The molecule has 0 bridgehead atoms. The highest BCUT2D eigenvalue weighted by Gasteiger charge is 2.18. The fraction of sp³-hybridized carbons (Fsp3) is 0.188. The van der Waals surface area contributed by atoms with E-state index in [0.29, 0.717) is 5.56 Å². The average Bonchev–Trinajstić information content (AvgIpc) is 2.54. The highest BCUT2D eigenvalue weighted by molar-refractivity contribution is 7.89. The Morgan fingerprint density at radius 1 is 1.17 bits per heavy atom. The molecule has 0 amide bonds. The van der Waals surface area contributed by atoms with Crippen LogP contribution in [0.4, 0.5) is 4.39 Å². The summed E-state index contributed by atoms with van der Waals surface area (Å²) in [4.78, 5) is 0.0138. The predicted octanol–water partition coefficient (Wildman–Crippen LogP) is 1.90. The molecule has 0 spiro atoms. The summed E-state index contributed by atoms with van der Waals surface area (Å²) in [6.45, 7) is -0.344. The smallest absolute Gasteiger partial charge is 0.240 e. The van der Waals surface area contributed by atoms with Crippen molar-refractivity contribution in [2.24, 2.45) is 0 Å². The lowest BCUT2D eigenvalue weighted by Crippen LogP contribution is -2.28. The molecule has 0 aliphatic rings. The molecule has 23 heavy (non-hydrogen) atoms. The van der Waals surface area contributed by atoms with Gasteiger partial charge in [0.05, 0.1) is 23.5 Å². The Morgan fingerprint density at radius 3 is 2.43 bits per heavy atom. The van der Waals surface area contributed by atoms with Gasteiger partial charge < -0.3 is 5.11 Å². The molecule has 5 nitrogen and oxygen atoms in total.